The van der Waals surface area contributed by atoms with Crippen LogP contribution in [0.4, 0.5) is 5.69 Å². The third kappa shape index (κ3) is 3.65. The highest BCUT2D eigenvalue weighted by Crippen LogP contribution is 2.20. The number of amides is 1. The molecule has 0 aliphatic rings. The molecule has 21 heavy (non-hydrogen) atoms. The van der Waals surface area contributed by atoms with E-state index < -0.39 is 5.97 Å². The van der Waals surface area contributed by atoms with E-state index in [1.54, 1.807) is 17.7 Å². The molecule has 0 saturated carbocycles. The molecule has 110 valence electrons. The summed E-state index contributed by atoms with van der Waals surface area (Å²) >= 11 is 0. The number of aryl methyl sites for hydroxylation is 2. The van der Waals surface area contributed by atoms with Gasteiger partial charge in [0.15, 0.2) is 0 Å². The van der Waals surface area contributed by atoms with Crippen LogP contribution < -0.4 is 5.32 Å². The molecule has 1 aromatic heterocycles. The zero-order valence-corrected chi connectivity index (χ0v) is 11.8. The van der Waals surface area contributed by atoms with Crippen LogP contribution in [0.5, 0.6) is 0 Å². The Hall–Kier alpha value is -2.70. The molecule has 0 fully saturated rings. The van der Waals surface area contributed by atoms with Crippen LogP contribution in [0.2, 0.25) is 0 Å². The zero-order chi connectivity index (χ0) is 15.4. The average Bonchev–Trinajstić information content (AvgIpc) is 2.93. The van der Waals surface area contributed by atoms with Gasteiger partial charge in [-0.25, -0.2) is 9.78 Å². The Morgan fingerprint density at radius 1 is 1.33 bits per heavy atom. The van der Waals surface area contributed by atoms with Crippen molar-refractivity contribution in [1.82, 2.24) is 14.8 Å². The molecule has 2 aromatic rings. The highest BCUT2D eigenvalue weighted by Gasteiger charge is 2.12. The SMILES string of the molecule is Cc1cc(NC(=O)CCn2cncn2)cc(C(=O)O)c1C. The number of aromatic carboxylic acids is 1. The summed E-state index contributed by atoms with van der Waals surface area (Å²) in [4.78, 5) is 26.8. The van der Waals surface area contributed by atoms with Crippen molar-refractivity contribution < 1.29 is 14.7 Å². The van der Waals surface area contributed by atoms with Crippen LogP contribution in [-0.4, -0.2) is 31.7 Å². The molecule has 1 heterocycles. The number of aromatic nitrogens is 3. The number of nitrogens with one attached hydrogen (secondary N) is 1. The van der Waals surface area contributed by atoms with Crippen LogP contribution in [0.15, 0.2) is 24.8 Å². The van der Waals surface area contributed by atoms with E-state index in [0.717, 1.165) is 5.56 Å². The minimum absolute atomic E-state index is 0.196. The Kier molecular flexibility index (Phi) is 4.32. The molecule has 1 amide bonds. The van der Waals surface area contributed by atoms with E-state index >= 15 is 0 Å². The lowest BCUT2D eigenvalue weighted by Gasteiger charge is -2.10. The van der Waals surface area contributed by atoms with Gasteiger partial charge in [-0.1, -0.05) is 0 Å². The fourth-order valence-corrected chi connectivity index (χ4v) is 1.94. The van der Waals surface area contributed by atoms with E-state index in [4.69, 9.17) is 5.11 Å². The molecule has 0 unspecified atom stereocenters. The molecule has 2 N–H and O–H groups in total. The molecule has 1 aromatic carbocycles. The molecule has 2 rings (SSSR count). The van der Waals surface area contributed by atoms with Crippen molar-refractivity contribution in [2.45, 2.75) is 26.8 Å². The van der Waals surface area contributed by atoms with Gasteiger partial charge in [-0.2, -0.15) is 5.10 Å². The third-order valence-corrected chi connectivity index (χ3v) is 3.22. The normalized spacial score (nSPS) is 10.4. The van der Waals surface area contributed by atoms with Crippen LogP contribution >= 0.6 is 0 Å². The monoisotopic (exact) mass is 288 g/mol. The largest absolute Gasteiger partial charge is 0.478 e. The number of carbonyl (C=O) groups excluding carboxylic acids is 1. The predicted octanol–water partition coefficient (Wildman–Crippen LogP) is 1.62. The number of hydrogen-bond donors (Lipinski definition) is 2. The van der Waals surface area contributed by atoms with Gasteiger partial charge in [0.1, 0.15) is 12.7 Å². The van der Waals surface area contributed by atoms with Gasteiger partial charge < -0.3 is 10.4 Å². The molecule has 7 nitrogen and oxygen atoms in total. The highest BCUT2D eigenvalue weighted by atomic mass is 16.4. The van der Waals surface area contributed by atoms with Crippen LogP contribution in [0.3, 0.4) is 0 Å². The maximum absolute atomic E-state index is 11.9. The summed E-state index contributed by atoms with van der Waals surface area (Å²) in [5.41, 5.74) is 2.20. The first-order valence-corrected chi connectivity index (χ1v) is 6.44. The van der Waals surface area contributed by atoms with E-state index in [1.807, 2.05) is 6.92 Å². The summed E-state index contributed by atoms with van der Waals surface area (Å²) in [5.74, 6) is -1.21. The summed E-state index contributed by atoms with van der Waals surface area (Å²) < 4.78 is 1.56. The van der Waals surface area contributed by atoms with Gasteiger partial charge in [-0.15, -0.1) is 0 Å². The molecule has 7 heteroatoms. The van der Waals surface area contributed by atoms with Crippen molar-refractivity contribution in [2.24, 2.45) is 0 Å². The number of anilines is 1. The first kappa shape index (κ1) is 14.7. The number of rotatable bonds is 5. The molecule has 0 aliphatic carbocycles. The lowest BCUT2D eigenvalue weighted by Crippen LogP contribution is -2.15. The van der Waals surface area contributed by atoms with E-state index in [0.29, 0.717) is 17.8 Å². The van der Waals surface area contributed by atoms with E-state index in [2.05, 4.69) is 15.4 Å². The molecule has 0 spiro atoms. The minimum Gasteiger partial charge on any atom is -0.478 e. The molecule has 0 aliphatic heterocycles. The maximum Gasteiger partial charge on any atom is 0.336 e. The average molecular weight is 288 g/mol. The fraction of sp³-hybridized carbons (Fsp3) is 0.286. The van der Waals surface area contributed by atoms with Crippen LogP contribution in [-0.2, 0) is 11.3 Å². The van der Waals surface area contributed by atoms with Crippen LogP contribution in [0.1, 0.15) is 27.9 Å². The molecular formula is C14H16N4O3. The van der Waals surface area contributed by atoms with Crippen molar-refractivity contribution in [2.75, 3.05) is 5.32 Å². The standard InChI is InChI=1S/C14H16N4O3/c1-9-5-11(6-12(10(9)2)14(20)21)17-13(19)3-4-18-8-15-7-16-18/h5-8H,3-4H2,1-2H3,(H,17,19)(H,20,21). The van der Waals surface area contributed by atoms with Crippen molar-refractivity contribution >= 4 is 17.6 Å². The molecule has 0 radical (unpaired) electrons. The Balaban J connectivity index is 2.05. The second-order valence-electron chi connectivity index (χ2n) is 4.73. The number of benzene rings is 1. The molecule has 0 saturated heterocycles. The van der Waals surface area contributed by atoms with Gasteiger partial charge in [-0.3, -0.25) is 9.48 Å². The Labute approximate surface area is 121 Å². The van der Waals surface area contributed by atoms with Gasteiger partial charge >= 0.3 is 5.97 Å². The predicted molar refractivity (Wildman–Crippen MR) is 76.1 cm³/mol. The van der Waals surface area contributed by atoms with Crippen LogP contribution in [0.25, 0.3) is 0 Å². The van der Waals surface area contributed by atoms with Gasteiger partial charge in [0.25, 0.3) is 0 Å². The minimum atomic E-state index is -1.01. The summed E-state index contributed by atoms with van der Waals surface area (Å²) in [5, 5.41) is 15.8. The lowest BCUT2D eigenvalue weighted by atomic mass is 10.0. The fourth-order valence-electron chi connectivity index (χ4n) is 1.94. The van der Waals surface area contributed by atoms with Gasteiger partial charge in [0.05, 0.1) is 12.1 Å². The van der Waals surface area contributed by atoms with Crippen LogP contribution in [0, 0.1) is 13.8 Å². The topological polar surface area (TPSA) is 97.1 Å². The number of carbonyl (C=O) groups is 2. The quantitative estimate of drug-likeness (QED) is 0.871. The summed E-state index contributed by atoms with van der Waals surface area (Å²) in [6.45, 7) is 3.98. The van der Waals surface area contributed by atoms with Gasteiger partial charge in [0.2, 0.25) is 5.91 Å². The summed E-state index contributed by atoms with van der Waals surface area (Å²) in [6, 6.07) is 3.23. The van der Waals surface area contributed by atoms with Crippen molar-refractivity contribution in [3.8, 4) is 0 Å². The Morgan fingerprint density at radius 3 is 2.71 bits per heavy atom. The van der Waals surface area contributed by atoms with Gasteiger partial charge in [0, 0.05) is 12.1 Å². The number of hydrogen-bond acceptors (Lipinski definition) is 4. The van der Waals surface area contributed by atoms with Crippen molar-refractivity contribution in [1.29, 1.82) is 0 Å². The molecule has 0 atom stereocenters. The molecular weight excluding hydrogens is 272 g/mol. The first-order chi connectivity index (χ1) is 9.97. The number of carboxylic acid groups (broad SMARTS) is 1. The second-order valence-corrected chi connectivity index (χ2v) is 4.73. The zero-order valence-electron chi connectivity index (χ0n) is 11.8. The summed E-state index contributed by atoms with van der Waals surface area (Å²) in [6.07, 6.45) is 3.17. The summed E-state index contributed by atoms with van der Waals surface area (Å²) in [7, 11) is 0. The third-order valence-electron chi connectivity index (χ3n) is 3.22. The van der Waals surface area contributed by atoms with E-state index in [1.165, 1.54) is 18.7 Å². The van der Waals surface area contributed by atoms with E-state index in [9.17, 15) is 9.59 Å². The Morgan fingerprint density at radius 2 is 2.10 bits per heavy atom. The highest BCUT2D eigenvalue weighted by molar-refractivity contribution is 5.95. The van der Waals surface area contributed by atoms with Crippen molar-refractivity contribution in [3.05, 3.63) is 41.5 Å². The lowest BCUT2D eigenvalue weighted by molar-refractivity contribution is -0.116. The van der Waals surface area contributed by atoms with Gasteiger partial charge in [-0.05, 0) is 37.1 Å². The Bertz CT molecular complexity index is 665. The maximum atomic E-state index is 11.9. The first-order valence-electron chi connectivity index (χ1n) is 6.44. The van der Waals surface area contributed by atoms with E-state index in [-0.39, 0.29) is 17.9 Å². The van der Waals surface area contributed by atoms with Crippen molar-refractivity contribution in [3.63, 3.8) is 0 Å². The number of nitrogens with zero attached hydrogens (tertiary/aromatic N) is 3. The second kappa shape index (κ2) is 6.17. The molecule has 0 bridgehead atoms. The number of carboxylic acids is 1. The smallest absolute Gasteiger partial charge is 0.336 e.